The van der Waals surface area contributed by atoms with Crippen LogP contribution in [0, 0.1) is 0 Å². The molecule has 178 valence electrons. The van der Waals surface area contributed by atoms with E-state index >= 15 is 0 Å². The number of hydrogen-bond acceptors (Lipinski definition) is 5. The minimum absolute atomic E-state index is 0.0179. The minimum Gasteiger partial charge on any atom is -0.492 e. The molecule has 2 amide bonds. The van der Waals surface area contributed by atoms with Crippen molar-refractivity contribution < 1.29 is 22.7 Å². The molecule has 3 aromatic rings. The van der Waals surface area contributed by atoms with Crippen molar-refractivity contribution in [1.29, 1.82) is 0 Å². The van der Waals surface area contributed by atoms with Crippen LogP contribution < -0.4 is 19.7 Å². The van der Waals surface area contributed by atoms with E-state index in [0.717, 1.165) is 4.31 Å². The summed E-state index contributed by atoms with van der Waals surface area (Å²) in [5.41, 5.74) is 1.25. The van der Waals surface area contributed by atoms with Gasteiger partial charge >= 0.3 is 0 Å². The van der Waals surface area contributed by atoms with E-state index in [9.17, 15) is 18.0 Å². The number of amides is 2. The van der Waals surface area contributed by atoms with Gasteiger partial charge < -0.3 is 15.4 Å². The molecule has 3 rings (SSSR count). The maximum Gasteiger partial charge on any atom is 0.264 e. The SMILES string of the molecule is CCOc1ccccc1N(CC(=O)Nc1ccc(NC(C)=O)cc1)S(=O)(=O)c1ccc(Cl)cc1. The fourth-order valence-corrected chi connectivity index (χ4v) is 4.70. The third-order valence-corrected chi connectivity index (χ3v) is 6.64. The van der Waals surface area contributed by atoms with Crippen LogP contribution in [0.4, 0.5) is 17.1 Å². The van der Waals surface area contributed by atoms with Crippen LogP contribution in [-0.4, -0.2) is 33.4 Å². The number of carbonyl (C=O) groups is 2. The summed E-state index contributed by atoms with van der Waals surface area (Å²) in [7, 11) is -4.13. The predicted octanol–water partition coefficient (Wildman–Crippen LogP) is 4.53. The second kappa shape index (κ2) is 11.0. The molecule has 10 heteroatoms. The first-order valence-electron chi connectivity index (χ1n) is 10.4. The lowest BCUT2D eigenvalue weighted by molar-refractivity contribution is -0.115. The number of sulfonamides is 1. The van der Waals surface area contributed by atoms with Crippen molar-refractivity contribution >= 4 is 50.5 Å². The van der Waals surface area contributed by atoms with Gasteiger partial charge in [-0.25, -0.2) is 8.42 Å². The van der Waals surface area contributed by atoms with E-state index in [1.165, 1.54) is 31.2 Å². The molecule has 34 heavy (non-hydrogen) atoms. The summed E-state index contributed by atoms with van der Waals surface area (Å²) in [5.74, 6) is -0.445. The number of nitrogens with one attached hydrogen (secondary N) is 2. The van der Waals surface area contributed by atoms with E-state index in [1.807, 2.05) is 0 Å². The van der Waals surface area contributed by atoms with E-state index < -0.39 is 22.5 Å². The molecular formula is C24H24ClN3O5S. The number of benzene rings is 3. The molecule has 0 aromatic heterocycles. The zero-order valence-corrected chi connectivity index (χ0v) is 20.2. The number of hydrogen-bond donors (Lipinski definition) is 2. The second-order valence-electron chi connectivity index (χ2n) is 7.17. The predicted molar refractivity (Wildman–Crippen MR) is 133 cm³/mol. The molecular weight excluding hydrogens is 478 g/mol. The van der Waals surface area contributed by atoms with Crippen molar-refractivity contribution in [3.05, 3.63) is 77.8 Å². The zero-order valence-electron chi connectivity index (χ0n) is 18.6. The van der Waals surface area contributed by atoms with Crippen LogP contribution in [0.25, 0.3) is 0 Å². The molecule has 0 unspecified atom stereocenters. The maximum atomic E-state index is 13.5. The molecule has 0 heterocycles. The Bertz CT molecular complexity index is 1260. The monoisotopic (exact) mass is 501 g/mol. The lowest BCUT2D eigenvalue weighted by Crippen LogP contribution is -2.38. The minimum atomic E-state index is -4.13. The van der Waals surface area contributed by atoms with Crippen LogP contribution in [0.5, 0.6) is 5.75 Å². The molecule has 0 spiro atoms. The van der Waals surface area contributed by atoms with Gasteiger partial charge in [-0.3, -0.25) is 13.9 Å². The molecule has 2 N–H and O–H groups in total. The van der Waals surface area contributed by atoms with Gasteiger partial charge in [0.25, 0.3) is 10.0 Å². The molecule has 0 bridgehead atoms. The molecule has 0 atom stereocenters. The Kier molecular flexibility index (Phi) is 8.14. The molecule has 0 saturated heterocycles. The lowest BCUT2D eigenvalue weighted by Gasteiger charge is -2.26. The van der Waals surface area contributed by atoms with Gasteiger partial charge in [-0.2, -0.15) is 0 Å². The standard InChI is InChI=1S/C24H24ClN3O5S/c1-3-33-23-7-5-4-6-22(23)28(34(31,32)21-14-8-18(25)9-15-21)16-24(30)27-20-12-10-19(11-13-20)26-17(2)29/h4-15H,3,16H2,1-2H3,(H,26,29)(H,27,30). The van der Waals surface area contributed by atoms with E-state index in [2.05, 4.69) is 10.6 Å². The number of para-hydroxylation sites is 2. The summed E-state index contributed by atoms with van der Waals surface area (Å²) in [6.45, 7) is 3.00. The van der Waals surface area contributed by atoms with Gasteiger partial charge in [0.2, 0.25) is 11.8 Å². The lowest BCUT2D eigenvalue weighted by atomic mass is 10.2. The van der Waals surface area contributed by atoms with E-state index in [-0.39, 0.29) is 16.5 Å². The molecule has 0 aliphatic rings. The molecule has 3 aromatic carbocycles. The topological polar surface area (TPSA) is 105 Å². The summed E-state index contributed by atoms with van der Waals surface area (Å²) < 4.78 is 33.7. The van der Waals surface area contributed by atoms with Crippen molar-refractivity contribution in [2.45, 2.75) is 18.7 Å². The average molecular weight is 502 g/mol. The quantitative estimate of drug-likeness (QED) is 0.448. The average Bonchev–Trinajstić information content (AvgIpc) is 2.79. The van der Waals surface area contributed by atoms with Crippen molar-refractivity contribution in [1.82, 2.24) is 0 Å². The fourth-order valence-electron chi connectivity index (χ4n) is 3.15. The van der Waals surface area contributed by atoms with Gasteiger partial charge in [0.15, 0.2) is 0 Å². The summed E-state index contributed by atoms with van der Waals surface area (Å²) in [6, 6.07) is 18.8. The molecule has 0 aliphatic carbocycles. The van der Waals surface area contributed by atoms with Crippen LogP contribution in [0.1, 0.15) is 13.8 Å². The van der Waals surface area contributed by atoms with Crippen LogP contribution in [0.3, 0.4) is 0 Å². The smallest absolute Gasteiger partial charge is 0.264 e. The number of carbonyl (C=O) groups excluding carboxylic acids is 2. The normalized spacial score (nSPS) is 10.9. The molecule has 0 fully saturated rings. The Morgan fingerprint density at radius 1 is 0.912 bits per heavy atom. The van der Waals surface area contributed by atoms with E-state index in [4.69, 9.17) is 16.3 Å². The Labute approximate surface area is 203 Å². The zero-order chi connectivity index (χ0) is 24.7. The van der Waals surface area contributed by atoms with Crippen molar-refractivity contribution in [3.8, 4) is 5.75 Å². The first-order valence-corrected chi connectivity index (χ1v) is 12.2. The maximum absolute atomic E-state index is 13.5. The number of anilines is 3. The van der Waals surface area contributed by atoms with Gasteiger partial charge in [0.05, 0.1) is 17.2 Å². The molecule has 0 radical (unpaired) electrons. The van der Waals surface area contributed by atoms with Crippen LogP contribution in [0.15, 0.2) is 77.7 Å². The van der Waals surface area contributed by atoms with Gasteiger partial charge in [0.1, 0.15) is 12.3 Å². The number of nitrogens with zero attached hydrogens (tertiary/aromatic N) is 1. The fraction of sp³-hybridized carbons (Fsp3) is 0.167. The third-order valence-electron chi connectivity index (χ3n) is 4.61. The first-order chi connectivity index (χ1) is 16.2. The van der Waals surface area contributed by atoms with Gasteiger partial charge in [0, 0.05) is 23.3 Å². The second-order valence-corrected chi connectivity index (χ2v) is 9.47. The van der Waals surface area contributed by atoms with Crippen molar-refractivity contribution in [2.24, 2.45) is 0 Å². The Morgan fingerprint density at radius 2 is 1.50 bits per heavy atom. The number of halogens is 1. The molecule has 8 nitrogen and oxygen atoms in total. The number of rotatable bonds is 9. The first kappa shape index (κ1) is 25.1. The van der Waals surface area contributed by atoms with Crippen LogP contribution in [-0.2, 0) is 19.6 Å². The van der Waals surface area contributed by atoms with Gasteiger partial charge in [-0.1, -0.05) is 23.7 Å². The highest BCUT2D eigenvalue weighted by Crippen LogP contribution is 2.33. The Hall–Kier alpha value is -3.56. The summed E-state index contributed by atoms with van der Waals surface area (Å²) in [5, 5.41) is 5.71. The molecule has 0 aliphatic heterocycles. The summed E-state index contributed by atoms with van der Waals surface area (Å²) >= 11 is 5.92. The Balaban J connectivity index is 1.92. The van der Waals surface area contributed by atoms with E-state index in [1.54, 1.807) is 55.5 Å². The highest BCUT2D eigenvalue weighted by atomic mass is 35.5. The van der Waals surface area contributed by atoms with E-state index in [0.29, 0.717) is 28.8 Å². The van der Waals surface area contributed by atoms with Crippen molar-refractivity contribution in [2.75, 3.05) is 28.1 Å². The molecule has 0 saturated carbocycles. The number of ether oxygens (including phenoxy) is 1. The highest BCUT2D eigenvalue weighted by molar-refractivity contribution is 7.92. The Morgan fingerprint density at radius 3 is 2.09 bits per heavy atom. The van der Waals surface area contributed by atoms with Gasteiger partial charge in [-0.15, -0.1) is 0 Å². The summed E-state index contributed by atoms with van der Waals surface area (Å²) in [6.07, 6.45) is 0. The third kappa shape index (κ3) is 6.27. The van der Waals surface area contributed by atoms with Crippen LogP contribution in [0.2, 0.25) is 5.02 Å². The van der Waals surface area contributed by atoms with Gasteiger partial charge in [-0.05, 0) is 67.6 Å². The largest absolute Gasteiger partial charge is 0.492 e. The summed E-state index contributed by atoms with van der Waals surface area (Å²) in [4.78, 5) is 24.1. The van der Waals surface area contributed by atoms with Crippen LogP contribution >= 0.6 is 11.6 Å². The van der Waals surface area contributed by atoms with Crippen molar-refractivity contribution in [3.63, 3.8) is 0 Å². The highest BCUT2D eigenvalue weighted by Gasteiger charge is 2.29.